The molecule has 0 aliphatic rings. The van der Waals surface area contributed by atoms with Gasteiger partial charge in [0, 0.05) is 16.4 Å². The van der Waals surface area contributed by atoms with Crippen molar-refractivity contribution in [1.29, 1.82) is 0 Å². The van der Waals surface area contributed by atoms with Crippen LogP contribution in [0, 0.1) is 0 Å². The number of nitrogens with one attached hydrogen (secondary N) is 2. The second-order valence-electron chi connectivity index (χ2n) is 5.14. The smallest absolute Gasteiger partial charge is 0.315 e. The van der Waals surface area contributed by atoms with Crippen molar-refractivity contribution in [3.05, 3.63) is 57.2 Å². The fraction of sp³-hybridized carbons (Fsp3) is 0.312. The van der Waals surface area contributed by atoms with E-state index in [-0.39, 0.29) is 12.1 Å². The van der Waals surface area contributed by atoms with E-state index in [9.17, 15) is 4.79 Å². The summed E-state index contributed by atoms with van der Waals surface area (Å²) in [5.74, 6) is 0. The summed E-state index contributed by atoms with van der Waals surface area (Å²) >= 11 is 7.88. The van der Waals surface area contributed by atoms with E-state index in [1.54, 1.807) is 11.3 Å². The van der Waals surface area contributed by atoms with Gasteiger partial charge in [0.25, 0.3) is 0 Å². The Bertz CT molecular complexity index is 601. The maximum Gasteiger partial charge on any atom is 0.315 e. The van der Waals surface area contributed by atoms with Crippen LogP contribution in [-0.2, 0) is 6.54 Å². The first-order valence-electron chi connectivity index (χ1n) is 7.03. The van der Waals surface area contributed by atoms with Crippen molar-refractivity contribution in [3.8, 4) is 0 Å². The Morgan fingerprint density at radius 3 is 2.64 bits per heavy atom. The predicted molar refractivity (Wildman–Crippen MR) is 92.4 cm³/mol. The van der Waals surface area contributed by atoms with Crippen molar-refractivity contribution >= 4 is 29.0 Å². The van der Waals surface area contributed by atoms with E-state index < -0.39 is 0 Å². The average molecular weight is 338 g/mol. The van der Waals surface area contributed by atoms with Crippen LogP contribution in [0.1, 0.15) is 16.5 Å². The van der Waals surface area contributed by atoms with Gasteiger partial charge in [-0.3, -0.25) is 0 Å². The highest BCUT2D eigenvalue weighted by molar-refractivity contribution is 7.09. The van der Waals surface area contributed by atoms with Gasteiger partial charge in [-0.05, 0) is 37.2 Å². The van der Waals surface area contributed by atoms with Crippen molar-refractivity contribution in [3.63, 3.8) is 0 Å². The summed E-state index contributed by atoms with van der Waals surface area (Å²) < 4.78 is 0. The van der Waals surface area contributed by atoms with Crippen molar-refractivity contribution in [1.82, 2.24) is 15.5 Å². The number of halogens is 1. The zero-order valence-electron chi connectivity index (χ0n) is 12.7. The van der Waals surface area contributed by atoms with Gasteiger partial charge in [-0.25, -0.2) is 4.79 Å². The van der Waals surface area contributed by atoms with E-state index in [0.717, 1.165) is 10.4 Å². The number of hydrogen-bond acceptors (Lipinski definition) is 3. The molecule has 0 radical (unpaired) electrons. The number of likely N-dealkylation sites (N-methyl/N-ethyl adjacent to an activating group) is 1. The topological polar surface area (TPSA) is 44.4 Å². The summed E-state index contributed by atoms with van der Waals surface area (Å²) in [7, 11) is 3.94. The Kier molecular flexibility index (Phi) is 6.24. The summed E-state index contributed by atoms with van der Waals surface area (Å²) in [6.07, 6.45) is 0. The molecule has 2 rings (SSSR count). The lowest BCUT2D eigenvalue weighted by Gasteiger charge is -2.26. The lowest BCUT2D eigenvalue weighted by molar-refractivity contribution is 0.232. The number of nitrogens with zero attached hydrogens (tertiary/aromatic N) is 1. The maximum absolute atomic E-state index is 11.9. The van der Waals surface area contributed by atoms with Gasteiger partial charge >= 0.3 is 6.03 Å². The molecule has 1 atom stereocenters. The third kappa shape index (κ3) is 4.73. The largest absolute Gasteiger partial charge is 0.336 e. The molecule has 2 aromatic rings. The molecule has 0 aliphatic carbocycles. The molecule has 118 valence electrons. The number of benzene rings is 1. The minimum absolute atomic E-state index is 0.0289. The molecular formula is C16H20ClN3OS. The maximum atomic E-state index is 11.9. The average Bonchev–Trinajstić information content (AvgIpc) is 3.00. The highest BCUT2D eigenvalue weighted by Gasteiger charge is 2.17. The van der Waals surface area contributed by atoms with E-state index in [1.165, 1.54) is 0 Å². The Labute approximate surface area is 140 Å². The Hall–Kier alpha value is -1.56. The molecule has 0 fully saturated rings. The summed E-state index contributed by atoms with van der Waals surface area (Å²) in [6.45, 7) is 1.04. The standard InChI is InChI=1S/C16H20ClN3OS/c1-20(2)15(13-7-3-4-8-14(13)17)11-19-16(21)18-10-12-6-5-9-22-12/h3-9,15H,10-11H2,1-2H3,(H2,18,19,21)/t15-/m1/s1. The van der Waals surface area contributed by atoms with Gasteiger partial charge in [0.2, 0.25) is 0 Å². The van der Waals surface area contributed by atoms with Crippen LogP contribution in [0.2, 0.25) is 5.02 Å². The zero-order valence-corrected chi connectivity index (χ0v) is 14.2. The van der Waals surface area contributed by atoms with Gasteiger partial charge in [0.05, 0.1) is 12.6 Å². The lowest BCUT2D eigenvalue weighted by atomic mass is 10.1. The van der Waals surface area contributed by atoms with Gasteiger partial charge in [-0.15, -0.1) is 11.3 Å². The highest BCUT2D eigenvalue weighted by Crippen LogP contribution is 2.25. The van der Waals surface area contributed by atoms with Crippen LogP contribution >= 0.6 is 22.9 Å². The van der Waals surface area contributed by atoms with Crippen LogP contribution in [0.25, 0.3) is 0 Å². The van der Waals surface area contributed by atoms with Crippen LogP contribution in [-0.4, -0.2) is 31.6 Å². The van der Waals surface area contributed by atoms with E-state index in [2.05, 4.69) is 10.6 Å². The number of carbonyl (C=O) groups excluding carboxylic acids is 1. The quantitative estimate of drug-likeness (QED) is 0.847. The molecule has 0 saturated heterocycles. The molecule has 1 aromatic carbocycles. The SMILES string of the molecule is CN(C)[C@H](CNC(=O)NCc1cccs1)c1ccccc1Cl. The van der Waals surface area contributed by atoms with Crippen LogP contribution in [0.4, 0.5) is 4.79 Å². The molecule has 0 saturated carbocycles. The number of rotatable bonds is 6. The molecule has 4 nitrogen and oxygen atoms in total. The van der Waals surface area contributed by atoms with Gasteiger partial charge in [0.15, 0.2) is 0 Å². The molecular weight excluding hydrogens is 318 g/mol. The molecule has 1 aromatic heterocycles. The van der Waals surface area contributed by atoms with Gasteiger partial charge in [-0.2, -0.15) is 0 Å². The molecule has 2 N–H and O–H groups in total. The Morgan fingerprint density at radius 1 is 1.23 bits per heavy atom. The van der Waals surface area contributed by atoms with Gasteiger partial charge in [0.1, 0.15) is 0 Å². The second-order valence-corrected chi connectivity index (χ2v) is 6.58. The number of hydrogen-bond donors (Lipinski definition) is 2. The number of carbonyl (C=O) groups is 1. The number of amides is 2. The number of urea groups is 1. The van der Waals surface area contributed by atoms with Crippen molar-refractivity contribution in [2.45, 2.75) is 12.6 Å². The van der Waals surface area contributed by atoms with Crippen LogP contribution in [0.5, 0.6) is 0 Å². The minimum Gasteiger partial charge on any atom is -0.336 e. The van der Waals surface area contributed by atoms with Gasteiger partial charge < -0.3 is 15.5 Å². The molecule has 0 spiro atoms. The fourth-order valence-electron chi connectivity index (χ4n) is 2.15. The molecule has 1 heterocycles. The van der Waals surface area contributed by atoms with Crippen molar-refractivity contribution in [2.75, 3.05) is 20.6 Å². The van der Waals surface area contributed by atoms with Crippen LogP contribution < -0.4 is 10.6 Å². The number of thiophene rings is 1. The molecule has 2 amide bonds. The third-order valence-electron chi connectivity index (χ3n) is 3.35. The summed E-state index contributed by atoms with van der Waals surface area (Å²) in [4.78, 5) is 15.1. The third-order valence-corrected chi connectivity index (χ3v) is 4.57. The van der Waals surface area contributed by atoms with Crippen molar-refractivity contribution in [2.24, 2.45) is 0 Å². The molecule has 22 heavy (non-hydrogen) atoms. The van der Waals surface area contributed by atoms with E-state index in [0.29, 0.717) is 18.1 Å². The predicted octanol–water partition coefficient (Wildman–Crippen LogP) is 3.50. The van der Waals surface area contributed by atoms with Crippen LogP contribution in [0.15, 0.2) is 41.8 Å². The van der Waals surface area contributed by atoms with Gasteiger partial charge in [-0.1, -0.05) is 35.9 Å². The monoisotopic (exact) mass is 337 g/mol. The lowest BCUT2D eigenvalue weighted by Crippen LogP contribution is -2.40. The Morgan fingerprint density at radius 2 is 2.00 bits per heavy atom. The second kappa shape index (κ2) is 8.17. The first kappa shape index (κ1) is 16.8. The van der Waals surface area contributed by atoms with E-state index >= 15 is 0 Å². The Balaban J connectivity index is 1.89. The highest BCUT2D eigenvalue weighted by atomic mass is 35.5. The first-order valence-corrected chi connectivity index (χ1v) is 8.28. The van der Waals surface area contributed by atoms with E-state index in [4.69, 9.17) is 11.6 Å². The zero-order chi connectivity index (χ0) is 15.9. The summed E-state index contributed by atoms with van der Waals surface area (Å²) in [6, 6.07) is 11.5. The fourth-order valence-corrected chi connectivity index (χ4v) is 3.05. The molecule has 6 heteroatoms. The van der Waals surface area contributed by atoms with Crippen LogP contribution in [0.3, 0.4) is 0 Å². The normalized spacial score (nSPS) is 12.2. The first-order chi connectivity index (χ1) is 10.6. The molecule has 0 unspecified atom stereocenters. The summed E-state index contributed by atoms with van der Waals surface area (Å²) in [5, 5.41) is 8.47. The van der Waals surface area contributed by atoms with Crippen molar-refractivity contribution < 1.29 is 4.79 Å². The minimum atomic E-state index is -0.174. The summed E-state index contributed by atoms with van der Waals surface area (Å²) in [5.41, 5.74) is 1.01. The van der Waals surface area contributed by atoms with E-state index in [1.807, 2.05) is 60.8 Å². The molecule has 0 bridgehead atoms. The molecule has 0 aliphatic heterocycles.